The van der Waals surface area contributed by atoms with E-state index in [0.717, 1.165) is 182 Å². The minimum absolute atomic E-state index is 0.0651. The Hall–Kier alpha value is -16.0. The first-order chi connectivity index (χ1) is 67.9. The van der Waals surface area contributed by atoms with Crippen LogP contribution in [0.2, 0.25) is 0 Å². The molecule has 24 aromatic rings. The number of rotatable bonds is 15. The standard InChI is InChI=1S/C126H92IN11/c1-125(2,3)123-130-120(129-121(132-123)103-73-86(90-37-13-22-46-105(90)135-109-50-26-17-41-94(109)95-42-18-27-51-110(95)135)62-67-118(103)138-114-64-59-84(79-31-7-4-8-32-79)71-100(114)101-72-85(60-65-115(101)138)80-33-9-5-10-34-80)83-57-55-81(56-58-83)99-70-78-69-88(99)77-126(127,76-78)124-131-119(82-35-11-6-12-36-82)128-122(133-124)104-74-87(91-38-14-23-47-106(91)136-111-52-28-19-43-96(111)97-44-20-29-53-112(97)136)61-66-117(104)137-113-54-30-21-45-98(113)102-75-89(63-68-116(102)137)134-107-48-24-15-39-92(107)93-40-16-25-49-108(93)134/h4-62,64-68,71-75,78,88-89,99H,63,69-70,76-77H2,1-3H3/t78-,88-,89?,99?,126?/m1/s1. The van der Waals surface area contributed by atoms with E-state index in [1.807, 2.05) is 0 Å². The minimum atomic E-state index is -0.473. The molecule has 0 spiro atoms. The van der Waals surface area contributed by atoms with Gasteiger partial charge in [-0.3, -0.25) is 0 Å². The molecule has 0 amide bonds. The van der Waals surface area contributed by atoms with Gasteiger partial charge in [-0.1, -0.05) is 359 Å². The molecule has 0 radical (unpaired) electrons. The highest BCUT2D eigenvalue weighted by molar-refractivity contribution is 14.1. The largest absolute Gasteiger partial charge is 0.333 e. The predicted molar refractivity (Wildman–Crippen MR) is 577 cm³/mol. The Balaban J connectivity index is 0.585. The molecular weight excluding hydrogens is 1790 g/mol. The van der Waals surface area contributed by atoms with Gasteiger partial charge < -0.3 is 22.8 Å². The van der Waals surface area contributed by atoms with E-state index in [1.165, 1.54) is 59.5 Å². The summed E-state index contributed by atoms with van der Waals surface area (Å²) in [5.41, 5.74) is 28.0. The summed E-state index contributed by atoms with van der Waals surface area (Å²) in [6.45, 7) is 6.64. The van der Waals surface area contributed by atoms with Crippen LogP contribution < -0.4 is 10.6 Å². The van der Waals surface area contributed by atoms with Crippen molar-refractivity contribution >= 4 is 133 Å². The monoisotopic (exact) mass is 1890 g/mol. The lowest BCUT2D eigenvalue weighted by molar-refractivity contribution is 0.292. The van der Waals surface area contributed by atoms with Gasteiger partial charge in [0.05, 0.1) is 70.8 Å². The fraction of sp³-hybridized carbons (Fsp3) is 0.111. The summed E-state index contributed by atoms with van der Waals surface area (Å²) >= 11 is 2.81. The molecule has 11 nitrogen and oxygen atoms in total. The van der Waals surface area contributed by atoms with Crippen molar-refractivity contribution in [1.29, 1.82) is 0 Å². The number of aromatic nitrogens is 11. The van der Waals surface area contributed by atoms with E-state index in [-0.39, 0.29) is 12.0 Å². The molecule has 0 N–H and O–H groups in total. The predicted octanol–water partition coefficient (Wildman–Crippen LogP) is 30.5. The zero-order valence-corrected chi connectivity index (χ0v) is 78.6. The molecule has 3 aliphatic carbocycles. The maximum atomic E-state index is 6.01. The fourth-order valence-electron chi connectivity index (χ4n) is 23.6. The zero-order valence-electron chi connectivity index (χ0n) is 76.5. The van der Waals surface area contributed by atoms with E-state index in [1.54, 1.807) is 0 Å². The van der Waals surface area contributed by atoms with Crippen molar-refractivity contribution in [2.24, 2.45) is 11.8 Å². The third-order valence-electron chi connectivity index (χ3n) is 29.8. The fourth-order valence-corrected chi connectivity index (χ4v) is 25.0. The molecule has 3 unspecified atom stereocenters. The Labute approximate surface area is 811 Å². The van der Waals surface area contributed by atoms with Gasteiger partial charge in [-0.25, -0.2) is 29.9 Å². The van der Waals surface area contributed by atoms with Gasteiger partial charge in [0.1, 0.15) is 11.6 Å². The van der Waals surface area contributed by atoms with Crippen LogP contribution in [0.3, 0.4) is 0 Å². The average molecular weight is 1890 g/mol. The maximum absolute atomic E-state index is 6.01. The Morgan fingerprint density at radius 1 is 0.290 bits per heavy atom. The summed E-state index contributed by atoms with van der Waals surface area (Å²) in [5, 5.41) is 13.3. The Kier molecular flexibility index (Phi) is 19.1. The van der Waals surface area contributed by atoms with Crippen molar-refractivity contribution in [2.75, 3.05) is 0 Å². The van der Waals surface area contributed by atoms with Gasteiger partial charge in [0.15, 0.2) is 23.3 Å². The number of hydrogen-bond acceptors (Lipinski definition) is 6. The number of para-hydroxylation sites is 9. The molecule has 7 heterocycles. The van der Waals surface area contributed by atoms with Crippen LogP contribution in [0.5, 0.6) is 0 Å². The van der Waals surface area contributed by atoms with Crippen molar-refractivity contribution < 1.29 is 0 Å². The molecular formula is C126H92IN11. The molecule has 17 aromatic carbocycles. The summed E-state index contributed by atoms with van der Waals surface area (Å²) in [6, 6.07) is 149. The van der Waals surface area contributed by atoms with Crippen LogP contribution in [0.15, 0.2) is 406 Å². The lowest BCUT2D eigenvalue weighted by Crippen LogP contribution is -2.33. The van der Waals surface area contributed by atoms with E-state index < -0.39 is 8.84 Å². The lowest BCUT2D eigenvalue weighted by Gasteiger charge is -2.36. The second kappa shape index (κ2) is 32.4. The van der Waals surface area contributed by atoms with Gasteiger partial charge in [0, 0.05) is 109 Å². The highest BCUT2D eigenvalue weighted by Gasteiger charge is 2.50. The molecule has 138 heavy (non-hydrogen) atoms. The molecule has 2 fully saturated rings. The third-order valence-corrected chi connectivity index (χ3v) is 31.1. The summed E-state index contributed by atoms with van der Waals surface area (Å²) in [4.78, 5) is 34.5. The van der Waals surface area contributed by atoms with Gasteiger partial charge in [0.25, 0.3) is 0 Å². The molecule has 0 saturated heterocycles. The second-order valence-corrected chi connectivity index (χ2v) is 41.0. The molecule has 7 aromatic heterocycles. The van der Waals surface area contributed by atoms with Crippen LogP contribution in [0, 0.1) is 11.8 Å². The van der Waals surface area contributed by atoms with Crippen LogP contribution in [-0.2, 0) is 8.84 Å². The van der Waals surface area contributed by atoms with E-state index in [4.69, 9.17) is 29.9 Å². The minimum Gasteiger partial charge on any atom is -0.333 e. The topological polar surface area (TPSA) is 102 Å². The zero-order chi connectivity index (χ0) is 91.6. The van der Waals surface area contributed by atoms with Crippen molar-refractivity contribution in [2.45, 2.75) is 73.7 Å². The smallest absolute Gasteiger partial charge is 0.165 e. The Morgan fingerprint density at radius 2 is 0.659 bits per heavy atom. The first-order valence-corrected chi connectivity index (χ1v) is 49.3. The lowest BCUT2D eigenvalue weighted by atomic mass is 9.78. The maximum Gasteiger partial charge on any atom is 0.165 e. The summed E-state index contributed by atoms with van der Waals surface area (Å²) < 4.78 is 12.0. The molecule has 658 valence electrons. The molecule has 27 rings (SSSR count). The van der Waals surface area contributed by atoms with Crippen molar-refractivity contribution in [3.63, 3.8) is 0 Å². The number of fused-ring (bicyclic) bond motifs is 17. The van der Waals surface area contributed by atoms with Crippen molar-refractivity contribution in [1.82, 2.24) is 52.7 Å². The van der Waals surface area contributed by atoms with Crippen LogP contribution in [0.1, 0.15) is 82.0 Å². The quantitative estimate of drug-likeness (QED) is 0.0748. The Bertz CT molecular complexity index is 8980. The third kappa shape index (κ3) is 13.4. The number of alkyl halides is 1. The molecule has 2 bridgehead atoms. The van der Waals surface area contributed by atoms with E-state index >= 15 is 0 Å². The number of nitrogens with zero attached hydrogens (tertiary/aromatic N) is 11. The van der Waals surface area contributed by atoms with Gasteiger partial charge >= 0.3 is 0 Å². The molecule has 3 aliphatic rings. The van der Waals surface area contributed by atoms with E-state index in [0.29, 0.717) is 41.0 Å². The number of halogens is 1. The average Bonchev–Trinajstić information content (AvgIpc) is 1.58. The van der Waals surface area contributed by atoms with Crippen molar-refractivity contribution in [3.8, 4) is 113 Å². The normalized spacial score (nSPS) is 16.6. The molecule has 2 saturated carbocycles. The highest BCUT2D eigenvalue weighted by Crippen LogP contribution is 2.60. The summed E-state index contributed by atoms with van der Waals surface area (Å²) in [5.74, 6) is 5.11. The summed E-state index contributed by atoms with van der Waals surface area (Å²) in [7, 11) is 0. The van der Waals surface area contributed by atoms with E-state index in [2.05, 4.69) is 485 Å². The molecule has 12 heteroatoms. The highest BCUT2D eigenvalue weighted by atomic mass is 127. The number of benzene rings is 17. The first kappa shape index (κ1) is 81.5. The van der Waals surface area contributed by atoms with Crippen LogP contribution in [0.4, 0.5) is 0 Å². The summed E-state index contributed by atoms with van der Waals surface area (Å²) in [6.07, 6.45) is 9.82. The van der Waals surface area contributed by atoms with E-state index in [9.17, 15) is 0 Å². The molecule has 0 aliphatic heterocycles. The molecule has 5 atom stereocenters. The van der Waals surface area contributed by atoms with Crippen molar-refractivity contribution in [3.05, 3.63) is 434 Å². The van der Waals surface area contributed by atoms with Gasteiger partial charge in [-0.15, -0.1) is 0 Å². The SMILES string of the molecule is CC(C)(C)c1nc(-c2ccc(C3C[C@H]4C[C@@H]3CC(I)(c3nc(-c5ccccc5)nc(-c5cc(-c6ccccc6-n6c7ccccc7c7ccccc76)ccc5-n5c6c(c7ccccc75)=CC(n5c7ccccc7c7ccccc75)CC=6)n3)C4)cc2)nc(-c2cc(-c3ccccc3-n3c4ccccc4c4ccccc43)ccc2-n2c3ccc(-c4ccccc4)cc3c3cc(-c4ccccc4)ccc32)n1. The van der Waals surface area contributed by atoms with Gasteiger partial charge in [-0.05, 0) is 192 Å². The second-order valence-electron chi connectivity index (χ2n) is 38.9. The van der Waals surface area contributed by atoms with Crippen LogP contribution in [0.25, 0.3) is 223 Å². The number of hydrogen-bond donors (Lipinski definition) is 0. The van der Waals surface area contributed by atoms with Gasteiger partial charge in [-0.2, -0.15) is 0 Å². The van der Waals surface area contributed by atoms with Crippen LogP contribution >= 0.6 is 22.6 Å². The Morgan fingerprint density at radius 3 is 1.16 bits per heavy atom. The van der Waals surface area contributed by atoms with Crippen LogP contribution in [-0.4, -0.2) is 52.7 Å². The van der Waals surface area contributed by atoms with Gasteiger partial charge in [0.2, 0.25) is 0 Å². The first-order valence-electron chi connectivity index (χ1n) is 48.2.